The zero-order valence-corrected chi connectivity index (χ0v) is 15.8. The molecule has 11 heteroatoms. The van der Waals surface area contributed by atoms with Gasteiger partial charge < -0.3 is 5.32 Å². The van der Waals surface area contributed by atoms with Gasteiger partial charge in [-0.2, -0.15) is 13.2 Å². The lowest BCUT2D eigenvalue weighted by Gasteiger charge is -2.08. The summed E-state index contributed by atoms with van der Waals surface area (Å²) in [5, 5.41) is 10.1. The number of anilines is 1. The SMILES string of the molecule is CC(=O)Nc1ccc(C(=O)CSc2nnc3c(Cl)cc(C(F)(F)F)cn23)cc1. The van der Waals surface area contributed by atoms with Gasteiger partial charge in [0.05, 0.1) is 16.3 Å². The molecule has 6 nitrogen and oxygen atoms in total. The van der Waals surface area contributed by atoms with E-state index in [1.165, 1.54) is 6.92 Å². The van der Waals surface area contributed by atoms with Gasteiger partial charge in [0.15, 0.2) is 16.6 Å². The summed E-state index contributed by atoms with van der Waals surface area (Å²) in [5.74, 6) is -0.548. The fourth-order valence-corrected chi connectivity index (χ4v) is 3.39. The first-order chi connectivity index (χ1) is 13.1. The number of alkyl halides is 3. The van der Waals surface area contributed by atoms with Gasteiger partial charge in [0.25, 0.3) is 0 Å². The Kier molecular flexibility index (Phi) is 5.61. The number of pyridine rings is 1. The Morgan fingerprint density at radius 1 is 1.21 bits per heavy atom. The average Bonchev–Trinajstić information content (AvgIpc) is 3.03. The highest BCUT2D eigenvalue weighted by Crippen LogP contribution is 2.33. The predicted molar refractivity (Wildman–Crippen MR) is 98.8 cm³/mol. The van der Waals surface area contributed by atoms with Crippen LogP contribution in [0.5, 0.6) is 0 Å². The number of nitrogens with zero attached hydrogens (tertiary/aromatic N) is 3. The van der Waals surface area contributed by atoms with E-state index in [2.05, 4.69) is 15.5 Å². The second kappa shape index (κ2) is 7.80. The number of hydrogen-bond acceptors (Lipinski definition) is 5. The van der Waals surface area contributed by atoms with E-state index in [1.807, 2.05) is 0 Å². The zero-order chi connectivity index (χ0) is 20.5. The monoisotopic (exact) mass is 428 g/mol. The van der Waals surface area contributed by atoms with Crippen molar-refractivity contribution in [2.75, 3.05) is 11.1 Å². The molecule has 1 aromatic carbocycles. The topological polar surface area (TPSA) is 76.4 Å². The Hall–Kier alpha value is -2.59. The number of fused-ring (bicyclic) bond motifs is 1. The molecule has 1 amide bonds. The van der Waals surface area contributed by atoms with E-state index in [1.54, 1.807) is 24.3 Å². The number of carbonyl (C=O) groups excluding carboxylic acids is 2. The van der Waals surface area contributed by atoms with Gasteiger partial charge in [0.2, 0.25) is 5.91 Å². The second-order valence-corrected chi connectivity index (χ2v) is 7.07. The highest BCUT2D eigenvalue weighted by Gasteiger charge is 2.32. The van der Waals surface area contributed by atoms with Gasteiger partial charge in [-0.15, -0.1) is 10.2 Å². The van der Waals surface area contributed by atoms with Gasteiger partial charge in [-0.05, 0) is 30.3 Å². The molecule has 1 N–H and O–H groups in total. The lowest BCUT2D eigenvalue weighted by Crippen LogP contribution is -2.08. The van der Waals surface area contributed by atoms with Gasteiger partial charge in [-0.1, -0.05) is 23.4 Å². The van der Waals surface area contributed by atoms with Gasteiger partial charge in [-0.3, -0.25) is 14.0 Å². The molecule has 2 heterocycles. The van der Waals surface area contributed by atoms with E-state index in [0.29, 0.717) is 11.3 Å². The molecule has 146 valence electrons. The molecule has 0 fully saturated rings. The van der Waals surface area contributed by atoms with Gasteiger partial charge in [0, 0.05) is 24.4 Å². The standard InChI is InChI=1S/C17H12ClF3N4O2S/c1-9(26)22-12-4-2-10(3-5-12)14(27)8-28-16-24-23-15-13(18)6-11(7-25(15)16)17(19,20)21/h2-7H,8H2,1H3,(H,22,26). The molecule has 28 heavy (non-hydrogen) atoms. The summed E-state index contributed by atoms with van der Waals surface area (Å²) in [6.07, 6.45) is -3.73. The average molecular weight is 429 g/mol. The van der Waals surface area contributed by atoms with Gasteiger partial charge >= 0.3 is 6.18 Å². The van der Waals surface area contributed by atoms with Crippen molar-refractivity contribution >= 4 is 46.4 Å². The number of carbonyl (C=O) groups is 2. The Morgan fingerprint density at radius 2 is 1.89 bits per heavy atom. The molecular formula is C17H12ClF3N4O2S. The van der Waals surface area contributed by atoms with Crippen LogP contribution in [0.2, 0.25) is 5.02 Å². The molecule has 2 aromatic heterocycles. The van der Waals surface area contributed by atoms with Crippen LogP contribution < -0.4 is 5.32 Å². The molecule has 0 saturated heterocycles. The molecule has 0 radical (unpaired) electrons. The maximum Gasteiger partial charge on any atom is 0.417 e. The van der Waals surface area contributed by atoms with Crippen LogP contribution in [0.3, 0.4) is 0 Å². The normalized spacial score (nSPS) is 11.6. The van der Waals surface area contributed by atoms with Crippen LogP contribution in [0.4, 0.5) is 18.9 Å². The Balaban J connectivity index is 1.77. The molecule has 0 bridgehead atoms. The van der Waals surface area contributed by atoms with Crippen LogP contribution in [0.1, 0.15) is 22.8 Å². The van der Waals surface area contributed by atoms with Crippen LogP contribution in [0.25, 0.3) is 5.65 Å². The first-order valence-electron chi connectivity index (χ1n) is 7.80. The lowest BCUT2D eigenvalue weighted by molar-refractivity contribution is -0.137. The van der Waals surface area contributed by atoms with Crippen molar-refractivity contribution in [2.45, 2.75) is 18.3 Å². The fourth-order valence-electron chi connectivity index (χ4n) is 2.34. The van der Waals surface area contributed by atoms with Crippen molar-refractivity contribution in [1.82, 2.24) is 14.6 Å². The largest absolute Gasteiger partial charge is 0.417 e. The Morgan fingerprint density at radius 3 is 2.50 bits per heavy atom. The van der Waals surface area contributed by atoms with Crippen LogP contribution in [0, 0.1) is 0 Å². The van der Waals surface area contributed by atoms with E-state index in [9.17, 15) is 22.8 Å². The first kappa shape index (κ1) is 20.2. The van der Waals surface area contributed by atoms with Crippen molar-refractivity contribution in [3.8, 4) is 0 Å². The third-order valence-electron chi connectivity index (χ3n) is 3.62. The fraction of sp³-hybridized carbons (Fsp3) is 0.176. The molecule has 3 aromatic rings. The van der Waals surface area contributed by atoms with Crippen molar-refractivity contribution in [1.29, 1.82) is 0 Å². The molecule has 0 spiro atoms. The highest BCUT2D eigenvalue weighted by molar-refractivity contribution is 7.99. The molecule has 0 aliphatic rings. The van der Waals surface area contributed by atoms with E-state index in [4.69, 9.17) is 11.6 Å². The molecule has 0 unspecified atom stereocenters. The molecule has 0 atom stereocenters. The first-order valence-corrected chi connectivity index (χ1v) is 9.16. The van der Waals surface area contributed by atoms with Gasteiger partial charge in [0.1, 0.15) is 0 Å². The quantitative estimate of drug-likeness (QED) is 0.483. The van der Waals surface area contributed by atoms with Crippen molar-refractivity contribution < 1.29 is 22.8 Å². The number of thioether (sulfide) groups is 1. The number of hydrogen-bond donors (Lipinski definition) is 1. The number of benzene rings is 1. The Labute approximate surface area is 166 Å². The van der Waals surface area contributed by atoms with Crippen LogP contribution in [-0.4, -0.2) is 32.0 Å². The lowest BCUT2D eigenvalue weighted by atomic mass is 10.1. The van der Waals surface area contributed by atoms with E-state index < -0.39 is 11.7 Å². The third kappa shape index (κ3) is 4.45. The summed E-state index contributed by atoms with van der Waals surface area (Å²) in [6.45, 7) is 1.37. The number of rotatable bonds is 5. The van der Waals surface area contributed by atoms with E-state index >= 15 is 0 Å². The molecule has 0 aliphatic heterocycles. The smallest absolute Gasteiger partial charge is 0.326 e. The summed E-state index contributed by atoms with van der Waals surface area (Å²) in [5.41, 5.74) is 0.0784. The number of Topliss-reactive ketones (excluding diaryl/α,β-unsaturated/α-hetero) is 1. The minimum atomic E-state index is -4.57. The number of amides is 1. The summed E-state index contributed by atoms with van der Waals surface area (Å²) in [7, 11) is 0. The maximum atomic E-state index is 13.0. The van der Waals surface area contributed by atoms with Crippen LogP contribution >= 0.6 is 23.4 Å². The van der Waals surface area contributed by atoms with Crippen molar-refractivity contribution in [2.24, 2.45) is 0 Å². The van der Waals surface area contributed by atoms with E-state index in [-0.39, 0.29) is 33.3 Å². The van der Waals surface area contributed by atoms with Crippen molar-refractivity contribution in [3.05, 3.63) is 52.7 Å². The molecule has 0 saturated carbocycles. The minimum absolute atomic E-state index is 0.0614. The number of ketones is 1. The molecule has 0 aliphatic carbocycles. The predicted octanol–water partition coefficient (Wildman–Crippen LogP) is 4.33. The summed E-state index contributed by atoms with van der Waals surface area (Å²) in [4.78, 5) is 23.3. The van der Waals surface area contributed by atoms with Crippen LogP contribution in [-0.2, 0) is 11.0 Å². The highest BCUT2D eigenvalue weighted by atomic mass is 35.5. The summed E-state index contributed by atoms with van der Waals surface area (Å²) >= 11 is 6.81. The Bertz CT molecular complexity index is 1050. The van der Waals surface area contributed by atoms with Gasteiger partial charge in [-0.25, -0.2) is 0 Å². The number of nitrogens with one attached hydrogen (secondary N) is 1. The number of halogens is 4. The number of aromatic nitrogens is 3. The van der Waals surface area contributed by atoms with E-state index in [0.717, 1.165) is 28.4 Å². The summed E-state index contributed by atoms with van der Waals surface area (Å²) in [6, 6.07) is 7.05. The molecular weight excluding hydrogens is 417 g/mol. The zero-order valence-electron chi connectivity index (χ0n) is 14.2. The van der Waals surface area contributed by atoms with Crippen molar-refractivity contribution in [3.63, 3.8) is 0 Å². The summed E-state index contributed by atoms with van der Waals surface area (Å²) < 4.78 is 40.1. The maximum absolute atomic E-state index is 13.0. The second-order valence-electron chi connectivity index (χ2n) is 5.72. The molecule has 3 rings (SSSR count). The minimum Gasteiger partial charge on any atom is -0.326 e. The third-order valence-corrected chi connectivity index (χ3v) is 4.84. The van der Waals surface area contributed by atoms with Crippen LogP contribution in [0.15, 0.2) is 41.7 Å².